The second kappa shape index (κ2) is 3.45. The summed E-state index contributed by atoms with van der Waals surface area (Å²) in [6, 6.07) is 5.20. The van der Waals surface area contributed by atoms with Crippen molar-refractivity contribution in [2.24, 2.45) is 0 Å². The second-order valence-electron chi connectivity index (χ2n) is 4.41. The van der Waals surface area contributed by atoms with Crippen molar-refractivity contribution in [2.45, 2.75) is 12.3 Å². The van der Waals surface area contributed by atoms with Gasteiger partial charge in [0.2, 0.25) is 0 Å². The number of hydrogen-bond acceptors (Lipinski definition) is 3. The molecule has 1 unspecified atom stereocenters. The van der Waals surface area contributed by atoms with Crippen molar-refractivity contribution >= 4 is 5.65 Å². The first-order chi connectivity index (χ1) is 7.75. The molecule has 0 amide bonds. The molecule has 5 heteroatoms. The van der Waals surface area contributed by atoms with Crippen LogP contribution >= 0.6 is 0 Å². The van der Waals surface area contributed by atoms with Crippen LogP contribution in [0.3, 0.4) is 0 Å². The van der Waals surface area contributed by atoms with E-state index in [-0.39, 0.29) is 5.56 Å². The lowest BCUT2D eigenvalue weighted by Crippen LogP contribution is -2.18. The van der Waals surface area contributed by atoms with Crippen LogP contribution in [0.4, 0.5) is 0 Å². The van der Waals surface area contributed by atoms with E-state index in [9.17, 15) is 4.79 Å². The van der Waals surface area contributed by atoms with Gasteiger partial charge in [-0.25, -0.2) is 4.40 Å². The van der Waals surface area contributed by atoms with Gasteiger partial charge in [-0.15, -0.1) is 0 Å². The van der Waals surface area contributed by atoms with Crippen LogP contribution < -0.4 is 5.56 Å². The Morgan fingerprint density at radius 1 is 1.50 bits per heavy atom. The van der Waals surface area contributed by atoms with Crippen molar-refractivity contribution in [2.75, 3.05) is 20.1 Å². The van der Waals surface area contributed by atoms with Crippen LogP contribution in [0.25, 0.3) is 5.65 Å². The number of pyridine rings is 1. The van der Waals surface area contributed by atoms with Gasteiger partial charge in [0.05, 0.1) is 0 Å². The standard InChI is InChI=1S/C11H14N4O/c1-14-6-5-8(7-14)11-13-12-9-3-2-4-10(16)15(9)11/h2-4,8,12H,5-7H2,1H3. The van der Waals surface area contributed by atoms with E-state index in [0.29, 0.717) is 5.92 Å². The number of aromatic amines is 1. The molecule has 2 aromatic rings. The third kappa shape index (κ3) is 1.36. The predicted octanol–water partition coefficient (Wildman–Crippen LogP) is 0.442. The molecule has 16 heavy (non-hydrogen) atoms. The quantitative estimate of drug-likeness (QED) is 0.755. The number of hydrogen-bond donors (Lipinski definition) is 1. The molecule has 0 bridgehead atoms. The molecule has 0 radical (unpaired) electrons. The molecule has 0 saturated carbocycles. The maximum absolute atomic E-state index is 11.8. The summed E-state index contributed by atoms with van der Waals surface area (Å²) in [4.78, 5) is 14.1. The molecule has 1 fully saturated rings. The molecule has 84 valence electrons. The Hall–Kier alpha value is -1.62. The van der Waals surface area contributed by atoms with Crippen LogP contribution in [-0.2, 0) is 0 Å². The van der Waals surface area contributed by atoms with Crippen molar-refractivity contribution < 1.29 is 0 Å². The van der Waals surface area contributed by atoms with E-state index < -0.39 is 0 Å². The molecular weight excluding hydrogens is 204 g/mol. The third-order valence-electron chi connectivity index (χ3n) is 3.22. The van der Waals surface area contributed by atoms with Crippen LogP contribution in [-0.4, -0.2) is 39.6 Å². The summed E-state index contributed by atoms with van der Waals surface area (Å²) in [5, 5.41) is 7.20. The van der Waals surface area contributed by atoms with Gasteiger partial charge < -0.3 is 4.90 Å². The van der Waals surface area contributed by atoms with E-state index in [0.717, 1.165) is 31.0 Å². The van der Waals surface area contributed by atoms with Gasteiger partial charge in [0.1, 0.15) is 11.5 Å². The van der Waals surface area contributed by atoms with E-state index >= 15 is 0 Å². The molecule has 0 aromatic carbocycles. The van der Waals surface area contributed by atoms with Crippen molar-refractivity contribution in [3.63, 3.8) is 0 Å². The van der Waals surface area contributed by atoms with Crippen LogP contribution in [0.1, 0.15) is 18.2 Å². The molecule has 2 aromatic heterocycles. The van der Waals surface area contributed by atoms with Crippen LogP contribution in [0, 0.1) is 0 Å². The number of nitrogens with zero attached hydrogens (tertiary/aromatic N) is 3. The van der Waals surface area contributed by atoms with E-state index in [1.165, 1.54) is 0 Å². The molecular formula is C11H14N4O. The van der Waals surface area contributed by atoms with Gasteiger partial charge in [0, 0.05) is 18.5 Å². The third-order valence-corrected chi connectivity index (χ3v) is 3.22. The highest BCUT2D eigenvalue weighted by Gasteiger charge is 2.25. The molecule has 0 aliphatic carbocycles. The minimum Gasteiger partial charge on any atom is -0.306 e. The van der Waals surface area contributed by atoms with Gasteiger partial charge in [0.25, 0.3) is 5.56 Å². The molecule has 5 nitrogen and oxygen atoms in total. The fourth-order valence-corrected chi connectivity index (χ4v) is 2.40. The first kappa shape index (κ1) is 9.59. The normalized spacial score (nSPS) is 21.9. The molecule has 3 heterocycles. The molecule has 1 saturated heterocycles. The maximum Gasteiger partial charge on any atom is 0.257 e. The van der Waals surface area contributed by atoms with Crippen molar-refractivity contribution in [1.82, 2.24) is 19.5 Å². The highest BCUT2D eigenvalue weighted by Crippen LogP contribution is 2.24. The number of likely N-dealkylation sites (tertiary alicyclic amines) is 1. The van der Waals surface area contributed by atoms with Gasteiger partial charge in [-0.3, -0.25) is 9.89 Å². The first-order valence-corrected chi connectivity index (χ1v) is 5.50. The summed E-state index contributed by atoms with van der Waals surface area (Å²) in [7, 11) is 2.09. The van der Waals surface area contributed by atoms with Crippen LogP contribution in [0.2, 0.25) is 0 Å². The molecule has 1 N–H and O–H groups in total. The maximum atomic E-state index is 11.8. The SMILES string of the molecule is CN1CCC(c2n[nH]c3cccc(=O)n23)C1. The van der Waals surface area contributed by atoms with E-state index in [4.69, 9.17) is 0 Å². The lowest BCUT2D eigenvalue weighted by molar-refractivity contribution is 0.409. The van der Waals surface area contributed by atoms with Gasteiger partial charge in [0.15, 0.2) is 0 Å². The largest absolute Gasteiger partial charge is 0.306 e. The van der Waals surface area contributed by atoms with Gasteiger partial charge >= 0.3 is 0 Å². The molecule has 3 rings (SSSR count). The van der Waals surface area contributed by atoms with E-state index in [1.807, 2.05) is 6.07 Å². The van der Waals surface area contributed by atoms with E-state index in [2.05, 4.69) is 22.1 Å². The number of nitrogens with one attached hydrogen (secondary N) is 1. The van der Waals surface area contributed by atoms with Gasteiger partial charge in [-0.1, -0.05) is 6.07 Å². The average Bonchev–Trinajstić information content (AvgIpc) is 2.84. The summed E-state index contributed by atoms with van der Waals surface area (Å²) in [5.41, 5.74) is 0.771. The summed E-state index contributed by atoms with van der Waals surface area (Å²) < 4.78 is 1.68. The topological polar surface area (TPSA) is 53.4 Å². The number of rotatable bonds is 1. The Balaban J connectivity index is 2.14. The summed E-state index contributed by atoms with van der Waals surface area (Å²) in [6.07, 6.45) is 1.07. The number of fused-ring (bicyclic) bond motifs is 1. The molecule has 0 spiro atoms. The predicted molar refractivity (Wildman–Crippen MR) is 60.7 cm³/mol. The summed E-state index contributed by atoms with van der Waals surface area (Å²) in [5.74, 6) is 1.23. The van der Waals surface area contributed by atoms with Crippen LogP contribution in [0.5, 0.6) is 0 Å². The monoisotopic (exact) mass is 218 g/mol. The zero-order chi connectivity index (χ0) is 11.1. The Morgan fingerprint density at radius 2 is 2.38 bits per heavy atom. The minimum atomic E-state index is -0.00389. The van der Waals surface area contributed by atoms with Gasteiger partial charge in [-0.2, -0.15) is 5.10 Å². The number of H-pyrrole nitrogens is 1. The fraction of sp³-hybridized carbons (Fsp3) is 0.455. The average molecular weight is 218 g/mol. The van der Waals surface area contributed by atoms with Crippen LogP contribution in [0.15, 0.2) is 23.0 Å². The highest BCUT2D eigenvalue weighted by atomic mass is 16.1. The number of likely N-dealkylation sites (N-methyl/N-ethyl adjacent to an activating group) is 1. The Labute approximate surface area is 92.7 Å². The lowest BCUT2D eigenvalue weighted by Gasteiger charge is -2.07. The second-order valence-corrected chi connectivity index (χ2v) is 4.41. The van der Waals surface area contributed by atoms with Crippen molar-refractivity contribution in [3.8, 4) is 0 Å². The molecule has 1 aliphatic rings. The Kier molecular flexibility index (Phi) is 2.07. The fourth-order valence-electron chi connectivity index (χ4n) is 2.40. The number of aromatic nitrogens is 3. The van der Waals surface area contributed by atoms with Gasteiger partial charge in [-0.05, 0) is 26.1 Å². The zero-order valence-corrected chi connectivity index (χ0v) is 9.18. The minimum absolute atomic E-state index is 0.00389. The summed E-state index contributed by atoms with van der Waals surface area (Å²) in [6.45, 7) is 2.04. The lowest BCUT2D eigenvalue weighted by atomic mass is 10.1. The Bertz CT molecular complexity index is 571. The molecule has 1 aliphatic heterocycles. The van der Waals surface area contributed by atoms with Crippen molar-refractivity contribution in [3.05, 3.63) is 34.4 Å². The Morgan fingerprint density at radius 3 is 3.12 bits per heavy atom. The highest BCUT2D eigenvalue weighted by molar-refractivity contribution is 5.37. The van der Waals surface area contributed by atoms with E-state index in [1.54, 1.807) is 16.5 Å². The van der Waals surface area contributed by atoms with Crippen molar-refractivity contribution in [1.29, 1.82) is 0 Å². The first-order valence-electron chi connectivity index (χ1n) is 5.50. The molecule has 1 atom stereocenters. The smallest absolute Gasteiger partial charge is 0.257 e. The zero-order valence-electron chi connectivity index (χ0n) is 9.18. The summed E-state index contributed by atoms with van der Waals surface area (Å²) >= 11 is 0.